The van der Waals surface area contributed by atoms with Crippen LogP contribution < -0.4 is 5.32 Å². The Balaban J connectivity index is 0.000000158. The van der Waals surface area contributed by atoms with Crippen LogP contribution in [0.2, 0.25) is 0 Å². The third-order valence-electron chi connectivity index (χ3n) is 6.69. The van der Waals surface area contributed by atoms with E-state index in [4.69, 9.17) is 0 Å². The number of rotatable bonds is 5. The van der Waals surface area contributed by atoms with Gasteiger partial charge in [-0.15, -0.1) is 0 Å². The van der Waals surface area contributed by atoms with Gasteiger partial charge in [-0.1, -0.05) is 36.4 Å². The number of likely N-dealkylation sites (tertiary alicyclic amines) is 1. The minimum absolute atomic E-state index is 0.00640. The van der Waals surface area contributed by atoms with Crippen molar-refractivity contribution in [3.8, 4) is 22.5 Å². The van der Waals surface area contributed by atoms with Crippen molar-refractivity contribution in [2.24, 2.45) is 7.05 Å². The smallest absolute Gasteiger partial charge is 0.321 e. The Morgan fingerprint density at radius 1 is 0.974 bits per heavy atom. The zero-order valence-corrected chi connectivity index (χ0v) is 22.8. The molecule has 1 fully saturated rings. The molecule has 2 amide bonds. The first-order valence-corrected chi connectivity index (χ1v) is 13.3. The van der Waals surface area contributed by atoms with Crippen LogP contribution >= 0.6 is 0 Å². The summed E-state index contributed by atoms with van der Waals surface area (Å²) in [6.45, 7) is 2.68. The van der Waals surface area contributed by atoms with Crippen molar-refractivity contribution < 1.29 is 4.79 Å². The van der Waals surface area contributed by atoms with Crippen LogP contribution in [0.4, 0.5) is 10.5 Å². The van der Waals surface area contributed by atoms with Gasteiger partial charge in [-0.05, 0) is 74.5 Å². The number of carbonyl (C=O) groups is 1. The number of nitrogens with zero attached hydrogens (tertiary/aromatic N) is 5. The van der Waals surface area contributed by atoms with Gasteiger partial charge in [0.05, 0.1) is 5.69 Å². The van der Waals surface area contributed by atoms with E-state index in [0.29, 0.717) is 0 Å². The minimum atomic E-state index is -0.00640. The average molecular weight is 522 g/mol. The Bertz CT molecular complexity index is 1480. The van der Waals surface area contributed by atoms with Crippen LogP contribution in [0.25, 0.3) is 33.5 Å². The largest absolute Gasteiger partial charge is 0.339 e. The van der Waals surface area contributed by atoms with E-state index in [2.05, 4.69) is 75.8 Å². The first-order chi connectivity index (χ1) is 18.9. The maximum Gasteiger partial charge on any atom is 0.321 e. The van der Waals surface area contributed by atoms with Crippen LogP contribution in [0.1, 0.15) is 18.4 Å². The van der Waals surface area contributed by atoms with Gasteiger partial charge >= 0.3 is 6.03 Å². The van der Waals surface area contributed by atoms with E-state index in [1.165, 1.54) is 11.1 Å². The number of urea groups is 1. The van der Waals surface area contributed by atoms with Gasteiger partial charge in [-0.3, -0.25) is 4.68 Å². The minimum Gasteiger partial charge on any atom is -0.339 e. The monoisotopic (exact) mass is 521 g/mol. The van der Waals surface area contributed by atoms with Crippen molar-refractivity contribution >= 4 is 22.8 Å². The molecule has 39 heavy (non-hydrogen) atoms. The summed E-state index contributed by atoms with van der Waals surface area (Å²) in [5.41, 5.74) is 7.37. The maximum absolute atomic E-state index is 12.0. The molecule has 0 bridgehead atoms. The summed E-state index contributed by atoms with van der Waals surface area (Å²) in [6, 6.07) is 24.6. The lowest BCUT2D eigenvalue weighted by Crippen LogP contribution is -2.32. The number of hydrogen-bond acceptors (Lipinski definition) is 4. The van der Waals surface area contributed by atoms with Gasteiger partial charge < -0.3 is 20.1 Å². The lowest BCUT2D eigenvalue weighted by atomic mass is 10.1. The molecule has 0 radical (unpaired) electrons. The molecule has 1 aliphatic rings. The number of carbonyl (C=O) groups excluding carboxylic acids is 1. The number of anilines is 1. The number of pyridine rings is 1. The van der Waals surface area contributed by atoms with Crippen LogP contribution in [-0.2, 0) is 13.6 Å². The number of hydrogen-bond donors (Lipinski definition) is 2. The molecule has 1 saturated heterocycles. The molecule has 0 atom stereocenters. The Hall–Kier alpha value is -4.43. The first kappa shape index (κ1) is 26.2. The molecular weight excluding hydrogens is 486 g/mol. The Morgan fingerprint density at radius 2 is 1.69 bits per heavy atom. The second-order valence-corrected chi connectivity index (χ2v) is 10.1. The molecule has 200 valence electrons. The van der Waals surface area contributed by atoms with E-state index in [9.17, 15) is 4.79 Å². The highest BCUT2D eigenvalue weighted by Crippen LogP contribution is 2.23. The summed E-state index contributed by atoms with van der Waals surface area (Å²) in [5, 5.41) is 8.43. The van der Waals surface area contributed by atoms with Gasteiger partial charge in [-0.25, -0.2) is 9.78 Å². The number of fused-ring (bicyclic) bond motifs is 1. The van der Waals surface area contributed by atoms with E-state index in [1.54, 1.807) is 4.68 Å². The number of aromatic amines is 1. The maximum atomic E-state index is 12.0. The summed E-state index contributed by atoms with van der Waals surface area (Å²) in [5.74, 6) is 0. The van der Waals surface area contributed by atoms with Gasteiger partial charge in [0.2, 0.25) is 0 Å². The van der Waals surface area contributed by atoms with Crippen LogP contribution in [0.5, 0.6) is 0 Å². The standard InChI is InChI=1S/C16H17N3.C15H18N4O/c1-19(2)11-12-5-7-13(8-6-12)15-10-14-4-3-9-17-16(14)18-15;1-18-11-8-14(17-18)12-4-6-13(7-5-12)16-15(20)19-9-2-3-10-19/h3-10H,11H2,1-2H3,(H,17,18);4-8,11H,2-3,9-10H2,1H3,(H,16,20). The Kier molecular flexibility index (Phi) is 8.03. The lowest BCUT2D eigenvalue weighted by Gasteiger charge is -2.16. The molecule has 5 aromatic rings. The van der Waals surface area contributed by atoms with Crippen molar-refractivity contribution in [3.63, 3.8) is 0 Å². The molecule has 2 aromatic carbocycles. The van der Waals surface area contributed by atoms with E-state index in [-0.39, 0.29) is 6.03 Å². The molecule has 3 aromatic heterocycles. The number of amides is 2. The summed E-state index contributed by atoms with van der Waals surface area (Å²) in [7, 11) is 6.06. The van der Waals surface area contributed by atoms with Crippen molar-refractivity contribution in [2.75, 3.05) is 32.5 Å². The summed E-state index contributed by atoms with van der Waals surface area (Å²) in [4.78, 5) is 23.7. The fraction of sp³-hybridized carbons (Fsp3) is 0.258. The normalized spacial score (nSPS) is 13.0. The predicted octanol–water partition coefficient (Wildman–Crippen LogP) is 6.01. The van der Waals surface area contributed by atoms with E-state index < -0.39 is 0 Å². The molecule has 0 aliphatic carbocycles. The van der Waals surface area contributed by atoms with Crippen LogP contribution in [0.15, 0.2) is 85.2 Å². The van der Waals surface area contributed by atoms with Crippen molar-refractivity contribution in [2.45, 2.75) is 19.4 Å². The second kappa shape index (κ2) is 12.0. The van der Waals surface area contributed by atoms with Crippen molar-refractivity contribution in [1.82, 2.24) is 29.5 Å². The van der Waals surface area contributed by atoms with E-state index in [0.717, 1.165) is 66.1 Å². The van der Waals surface area contributed by atoms with Crippen molar-refractivity contribution in [3.05, 3.63) is 90.8 Å². The fourth-order valence-electron chi connectivity index (χ4n) is 4.68. The fourth-order valence-corrected chi connectivity index (χ4v) is 4.68. The number of aryl methyl sites for hydroxylation is 1. The Labute approximate surface area is 229 Å². The third kappa shape index (κ3) is 6.72. The quantitative estimate of drug-likeness (QED) is 0.297. The zero-order valence-electron chi connectivity index (χ0n) is 22.8. The molecule has 4 heterocycles. The average Bonchev–Trinajstić information content (AvgIpc) is 3.71. The third-order valence-corrected chi connectivity index (χ3v) is 6.69. The number of nitrogens with one attached hydrogen (secondary N) is 2. The summed E-state index contributed by atoms with van der Waals surface area (Å²) < 4.78 is 1.78. The molecule has 0 unspecified atom stereocenters. The molecule has 8 nitrogen and oxygen atoms in total. The van der Waals surface area contributed by atoms with Gasteiger partial charge in [0.25, 0.3) is 0 Å². The summed E-state index contributed by atoms with van der Waals surface area (Å²) >= 11 is 0. The summed E-state index contributed by atoms with van der Waals surface area (Å²) in [6.07, 6.45) is 5.93. The molecular formula is C31H35N7O. The topological polar surface area (TPSA) is 82.1 Å². The van der Waals surface area contributed by atoms with Gasteiger partial charge in [0, 0.05) is 61.4 Å². The number of benzene rings is 2. The van der Waals surface area contributed by atoms with E-state index >= 15 is 0 Å². The predicted molar refractivity (Wildman–Crippen MR) is 157 cm³/mol. The lowest BCUT2D eigenvalue weighted by molar-refractivity contribution is 0.222. The van der Waals surface area contributed by atoms with E-state index in [1.807, 2.05) is 60.7 Å². The number of H-pyrrole nitrogens is 1. The molecule has 0 saturated carbocycles. The highest BCUT2D eigenvalue weighted by Gasteiger charge is 2.17. The highest BCUT2D eigenvalue weighted by molar-refractivity contribution is 5.89. The number of aromatic nitrogens is 4. The van der Waals surface area contributed by atoms with Gasteiger partial charge in [0.1, 0.15) is 5.65 Å². The Morgan fingerprint density at radius 3 is 2.33 bits per heavy atom. The van der Waals surface area contributed by atoms with Crippen LogP contribution in [-0.4, -0.2) is 62.8 Å². The van der Waals surface area contributed by atoms with Crippen molar-refractivity contribution in [1.29, 1.82) is 0 Å². The zero-order chi connectivity index (χ0) is 27.2. The van der Waals surface area contributed by atoms with Crippen LogP contribution in [0, 0.1) is 0 Å². The molecule has 6 rings (SSSR count). The molecule has 2 N–H and O–H groups in total. The second-order valence-electron chi connectivity index (χ2n) is 10.1. The van der Waals surface area contributed by atoms with Gasteiger partial charge in [-0.2, -0.15) is 5.10 Å². The molecule has 1 aliphatic heterocycles. The molecule has 0 spiro atoms. The van der Waals surface area contributed by atoms with Gasteiger partial charge in [0.15, 0.2) is 0 Å². The highest BCUT2D eigenvalue weighted by atomic mass is 16.2. The SMILES string of the molecule is CN(C)Cc1ccc(-c2cc3cccnc3[nH]2)cc1.Cn1ccc(-c2ccc(NC(=O)N3CCCC3)cc2)n1. The molecule has 8 heteroatoms. The van der Waals surface area contributed by atoms with Crippen LogP contribution in [0.3, 0.4) is 0 Å². The first-order valence-electron chi connectivity index (χ1n) is 13.3.